The molecule has 1 N–H and O–H groups in total. The van der Waals surface area contributed by atoms with Gasteiger partial charge in [-0.05, 0) is 39.3 Å². The quantitative estimate of drug-likeness (QED) is 0.602. The molecular formula is C9H18N2. The largest absolute Gasteiger partial charge is 0.313 e. The van der Waals surface area contributed by atoms with Crippen molar-refractivity contribution in [2.24, 2.45) is 0 Å². The van der Waals surface area contributed by atoms with Crippen molar-refractivity contribution in [3.63, 3.8) is 0 Å². The number of nitrogens with one attached hydrogen (secondary N) is 1. The zero-order valence-electron chi connectivity index (χ0n) is 7.34. The molecule has 0 saturated carbocycles. The Kier molecular flexibility index (Phi) is 2.14. The molecule has 2 saturated heterocycles. The van der Waals surface area contributed by atoms with E-state index in [-0.39, 0.29) is 0 Å². The molecule has 2 aliphatic heterocycles. The van der Waals surface area contributed by atoms with E-state index in [4.69, 9.17) is 0 Å². The van der Waals surface area contributed by atoms with E-state index in [9.17, 15) is 0 Å². The van der Waals surface area contributed by atoms with Crippen LogP contribution >= 0.6 is 0 Å². The molecule has 0 aromatic heterocycles. The van der Waals surface area contributed by atoms with Crippen molar-refractivity contribution in [3.8, 4) is 0 Å². The van der Waals surface area contributed by atoms with Gasteiger partial charge in [0.1, 0.15) is 0 Å². The standard InChI is InChI=1S/C9H18N2/c1-8-6-9(7-10-8)11-4-2-3-5-11/h8-10H,2-7H2,1H3/t8-,9-/m1/s1. The summed E-state index contributed by atoms with van der Waals surface area (Å²) in [5.74, 6) is 0. The van der Waals surface area contributed by atoms with E-state index in [2.05, 4.69) is 17.1 Å². The first-order chi connectivity index (χ1) is 5.36. The van der Waals surface area contributed by atoms with Crippen molar-refractivity contribution in [1.82, 2.24) is 10.2 Å². The van der Waals surface area contributed by atoms with Crippen LogP contribution < -0.4 is 5.32 Å². The van der Waals surface area contributed by atoms with Gasteiger partial charge in [-0.25, -0.2) is 0 Å². The molecule has 2 heterocycles. The third-order valence-corrected chi connectivity index (χ3v) is 2.98. The summed E-state index contributed by atoms with van der Waals surface area (Å²) in [6, 6.07) is 1.60. The van der Waals surface area contributed by atoms with Crippen molar-refractivity contribution >= 4 is 0 Å². The Morgan fingerprint density at radius 3 is 2.55 bits per heavy atom. The molecule has 0 aromatic rings. The lowest BCUT2D eigenvalue weighted by Crippen LogP contribution is -2.34. The van der Waals surface area contributed by atoms with Gasteiger partial charge in [0, 0.05) is 18.6 Å². The molecule has 2 nitrogen and oxygen atoms in total. The molecule has 0 aromatic carbocycles. The number of likely N-dealkylation sites (tertiary alicyclic amines) is 1. The summed E-state index contributed by atoms with van der Waals surface area (Å²) in [6.45, 7) is 6.20. The molecule has 2 rings (SSSR count). The first-order valence-electron chi connectivity index (χ1n) is 4.83. The molecule has 0 spiro atoms. The van der Waals surface area contributed by atoms with Crippen LogP contribution in [0.1, 0.15) is 26.2 Å². The molecular weight excluding hydrogens is 136 g/mol. The van der Waals surface area contributed by atoms with Crippen LogP contribution in [-0.2, 0) is 0 Å². The summed E-state index contributed by atoms with van der Waals surface area (Å²) in [5, 5.41) is 3.50. The van der Waals surface area contributed by atoms with Gasteiger partial charge in [0.2, 0.25) is 0 Å². The average Bonchev–Trinajstić information content (AvgIpc) is 2.55. The Balaban J connectivity index is 1.85. The summed E-state index contributed by atoms with van der Waals surface area (Å²) in [5.41, 5.74) is 0. The minimum atomic E-state index is 0.751. The highest BCUT2D eigenvalue weighted by Gasteiger charge is 2.27. The van der Waals surface area contributed by atoms with Crippen LogP contribution in [0, 0.1) is 0 Å². The molecule has 0 aliphatic carbocycles. The van der Waals surface area contributed by atoms with Gasteiger partial charge in [-0.2, -0.15) is 0 Å². The predicted octanol–water partition coefficient (Wildman–Crippen LogP) is 0.833. The van der Waals surface area contributed by atoms with Gasteiger partial charge in [-0.15, -0.1) is 0 Å². The van der Waals surface area contributed by atoms with Gasteiger partial charge >= 0.3 is 0 Å². The maximum atomic E-state index is 3.50. The third-order valence-electron chi connectivity index (χ3n) is 2.98. The Hall–Kier alpha value is -0.0800. The van der Waals surface area contributed by atoms with Gasteiger partial charge in [0.25, 0.3) is 0 Å². The van der Waals surface area contributed by atoms with Crippen LogP contribution in [0.3, 0.4) is 0 Å². The van der Waals surface area contributed by atoms with E-state index in [1.54, 1.807) is 0 Å². The molecule has 0 bridgehead atoms. The van der Waals surface area contributed by atoms with Crippen LogP contribution in [0.5, 0.6) is 0 Å². The van der Waals surface area contributed by atoms with Crippen molar-refractivity contribution < 1.29 is 0 Å². The van der Waals surface area contributed by atoms with Crippen molar-refractivity contribution in [2.45, 2.75) is 38.3 Å². The van der Waals surface area contributed by atoms with Crippen LogP contribution in [0.25, 0.3) is 0 Å². The molecule has 0 radical (unpaired) electrons. The first kappa shape index (κ1) is 7.56. The molecule has 2 aliphatic rings. The fraction of sp³-hybridized carbons (Fsp3) is 1.00. The van der Waals surface area contributed by atoms with Crippen LogP contribution in [-0.4, -0.2) is 36.6 Å². The highest BCUT2D eigenvalue weighted by Crippen LogP contribution is 2.18. The lowest BCUT2D eigenvalue weighted by Gasteiger charge is -2.21. The predicted molar refractivity (Wildman–Crippen MR) is 46.7 cm³/mol. The van der Waals surface area contributed by atoms with Crippen LogP contribution in [0.2, 0.25) is 0 Å². The maximum absolute atomic E-state index is 3.50. The Labute approximate surface area is 69.0 Å². The number of hydrogen-bond donors (Lipinski definition) is 1. The van der Waals surface area contributed by atoms with Gasteiger partial charge in [0.05, 0.1) is 0 Å². The molecule has 2 fully saturated rings. The maximum Gasteiger partial charge on any atom is 0.0235 e. The van der Waals surface area contributed by atoms with Crippen molar-refractivity contribution in [3.05, 3.63) is 0 Å². The van der Waals surface area contributed by atoms with Crippen molar-refractivity contribution in [1.29, 1.82) is 0 Å². The van der Waals surface area contributed by atoms with E-state index >= 15 is 0 Å². The van der Waals surface area contributed by atoms with Gasteiger partial charge in [0.15, 0.2) is 0 Å². The smallest absolute Gasteiger partial charge is 0.0235 e. The van der Waals surface area contributed by atoms with E-state index < -0.39 is 0 Å². The zero-order chi connectivity index (χ0) is 7.68. The fourth-order valence-electron chi connectivity index (χ4n) is 2.30. The second-order valence-corrected chi connectivity index (χ2v) is 3.94. The summed E-state index contributed by atoms with van der Waals surface area (Å²) in [6.07, 6.45) is 4.20. The van der Waals surface area contributed by atoms with E-state index in [0.29, 0.717) is 0 Å². The van der Waals surface area contributed by atoms with Crippen molar-refractivity contribution in [2.75, 3.05) is 19.6 Å². The second-order valence-electron chi connectivity index (χ2n) is 3.94. The van der Waals surface area contributed by atoms with Gasteiger partial charge in [-0.3, -0.25) is 4.90 Å². The van der Waals surface area contributed by atoms with Gasteiger partial charge < -0.3 is 5.32 Å². The Morgan fingerprint density at radius 1 is 1.27 bits per heavy atom. The van der Waals surface area contributed by atoms with Gasteiger partial charge in [-0.1, -0.05) is 0 Å². The molecule has 2 atom stereocenters. The fourth-order valence-corrected chi connectivity index (χ4v) is 2.30. The Bertz CT molecular complexity index is 130. The van der Waals surface area contributed by atoms with E-state index in [0.717, 1.165) is 12.1 Å². The van der Waals surface area contributed by atoms with Crippen LogP contribution in [0.15, 0.2) is 0 Å². The van der Waals surface area contributed by atoms with E-state index in [1.807, 2.05) is 0 Å². The Morgan fingerprint density at radius 2 is 2.00 bits per heavy atom. The molecule has 0 unspecified atom stereocenters. The summed E-state index contributed by atoms with van der Waals surface area (Å²) in [4.78, 5) is 2.65. The minimum Gasteiger partial charge on any atom is -0.313 e. The number of hydrogen-bond acceptors (Lipinski definition) is 2. The highest BCUT2D eigenvalue weighted by atomic mass is 15.2. The number of rotatable bonds is 1. The zero-order valence-corrected chi connectivity index (χ0v) is 7.34. The SMILES string of the molecule is C[C@@H]1C[C@@H](N2CCCC2)CN1. The normalized spacial score (nSPS) is 40.1. The summed E-state index contributed by atoms with van der Waals surface area (Å²) in [7, 11) is 0. The van der Waals surface area contributed by atoms with E-state index in [1.165, 1.54) is 38.9 Å². The minimum absolute atomic E-state index is 0.751. The molecule has 2 heteroatoms. The monoisotopic (exact) mass is 154 g/mol. The average molecular weight is 154 g/mol. The second kappa shape index (κ2) is 3.11. The lowest BCUT2D eigenvalue weighted by atomic mass is 10.2. The highest BCUT2D eigenvalue weighted by molar-refractivity contribution is 4.87. The topological polar surface area (TPSA) is 15.3 Å². The van der Waals surface area contributed by atoms with Crippen LogP contribution in [0.4, 0.5) is 0 Å². The summed E-state index contributed by atoms with van der Waals surface area (Å²) < 4.78 is 0. The molecule has 64 valence electrons. The third kappa shape index (κ3) is 1.57. The molecule has 0 amide bonds. The lowest BCUT2D eigenvalue weighted by molar-refractivity contribution is 0.256. The first-order valence-corrected chi connectivity index (χ1v) is 4.83. The number of nitrogens with zero attached hydrogens (tertiary/aromatic N) is 1. The summed E-state index contributed by atoms with van der Waals surface area (Å²) >= 11 is 0. The molecule has 11 heavy (non-hydrogen) atoms.